The molecule has 1 aromatic carbocycles. The highest BCUT2D eigenvalue weighted by molar-refractivity contribution is 7.99. The fourth-order valence-corrected chi connectivity index (χ4v) is 2.53. The second-order valence-electron chi connectivity index (χ2n) is 3.87. The van der Waals surface area contributed by atoms with Crippen molar-refractivity contribution in [2.75, 3.05) is 5.75 Å². The zero-order chi connectivity index (χ0) is 13.7. The van der Waals surface area contributed by atoms with Crippen molar-refractivity contribution < 1.29 is 9.21 Å². The lowest BCUT2D eigenvalue weighted by atomic mass is 10.0. The number of aromatic nitrogens is 2. The van der Waals surface area contributed by atoms with Crippen LogP contribution in [0.4, 0.5) is 0 Å². The average Bonchev–Trinajstić information content (AvgIpc) is 2.85. The van der Waals surface area contributed by atoms with Gasteiger partial charge in [0, 0.05) is 12.7 Å². The molecule has 0 spiro atoms. The number of hydrogen-bond acceptors (Lipinski definition) is 6. The Morgan fingerprint density at radius 3 is 2.74 bits per heavy atom. The highest BCUT2D eigenvalue weighted by Gasteiger charge is 2.21. The van der Waals surface area contributed by atoms with Gasteiger partial charge in [-0.25, -0.2) is 5.84 Å². The molecule has 19 heavy (non-hydrogen) atoms. The van der Waals surface area contributed by atoms with Crippen molar-refractivity contribution in [3.05, 3.63) is 41.8 Å². The molecule has 0 saturated heterocycles. The topological polar surface area (TPSA) is 94.0 Å². The number of hydrogen-bond donors (Lipinski definition) is 2. The number of carbonyl (C=O) groups excluding carboxylic acids is 1. The van der Waals surface area contributed by atoms with Crippen LogP contribution in [-0.2, 0) is 4.79 Å². The van der Waals surface area contributed by atoms with Gasteiger partial charge in [0.05, 0.1) is 5.92 Å². The summed E-state index contributed by atoms with van der Waals surface area (Å²) >= 11 is 1.33. The minimum Gasteiger partial charge on any atom is -0.416 e. The number of nitrogens with one attached hydrogen (secondary N) is 1. The summed E-state index contributed by atoms with van der Waals surface area (Å²) in [5.74, 6) is 5.61. The number of carbonyl (C=O) groups is 1. The molecule has 1 unspecified atom stereocenters. The van der Waals surface area contributed by atoms with Crippen LogP contribution in [0.1, 0.15) is 17.4 Å². The quantitative estimate of drug-likeness (QED) is 0.370. The van der Waals surface area contributed by atoms with E-state index in [2.05, 4.69) is 15.6 Å². The molecule has 1 heterocycles. The first-order valence-electron chi connectivity index (χ1n) is 5.69. The van der Waals surface area contributed by atoms with Gasteiger partial charge in [-0.2, -0.15) is 0 Å². The highest BCUT2D eigenvalue weighted by Crippen LogP contribution is 2.25. The molecule has 1 aromatic heterocycles. The molecule has 0 bridgehead atoms. The van der Waals surface area contributed by atoms with E-state index in [4.69, 9.17) is 10.3 Å². The van der Waals surface area contributed by atoms with Crippen LogP contribution < -0.4 is 11.3 Å². The first kappa shape index (κ1) is 13.6. The van der Waals surface area contributed by atoms with Crippen molar-refractivity contribution in [3.8, 4) is 0 Å². The molecule has 3 N–H and O–H groups in total. The lowest BCUT2D eigenvalue weighted by Crippen LogP contribution is -2.35. The highest BCUT2D eigenvalue weighted by atomic mass is 32.2. The Morgan fingerprint density at radius 2 is 2.16 bits per heavy atom. The molecule has 0 aliphatic heterocycles. The van der Waals surface area contributed by atoms with Gasteiger partial charge in [-0.05, 0) is 5.56 Å². The first-order chi connectivity index (χ1) is 9.20. The Balaban J connectivity index is 2.09. The van der Waals surface area contributed by atoms with Gasteiger partial charge in [-0.15, -0.1) is 10.2 Å². The van der Waals surface area contributed by atoms with Gasteiger partial charge in [0.1, 0.15) is 0 Å². The van der Waals surface area contributed by atoms with Crippen molar-refractivity contribution in [1.29, 1.82) is 0 Å². The van der Waals surface area contributed by atoms with Gasteiger partial charge in [0.2, 0.25) is 11.8 Å². The van der Waals surface area contributed by atoms with E-state index in [1.807, 2.05) is 30.3 Å². The van der Waals surface area contributed by atoms with Crippen molar-refractivity contribution in [2.45, 2.75) is 18.1 Å². The molecule has 0 aliphatic rings. The fourth-order valence-electron chi connectivity index (χ4n) is 1.60. The van der Waals surface area contributed by atoms with Gasteiger partial charge in [0.25, 0.3) is 5.22 Å². The molecular weight excluding hydrogens is 264 g/mol. The van der Waals surface area contributed by atoms with Gasteiger partial charge in [-0.1, -0.05) is 42.1 Å². The van der Waals surface area contributed by atoms with Crippen molar-refractivity contribution >= 4 is 17.7 Å². The molecule has 7 heteroatoms. The van der Waals surface area contributed by atoms with Gasteiger partial charge < -0.3 is 4.42 Å². The molecule has 6 nitrogen and oxygen atoms in total. The van der Waals surface area contributed by atoms with E-state index in [0.29, 0.717) is 16.9 Å². The van der Waals surface area contributed by atoms with Crippen LogP contribution in [0, 0.1) is 6.92 Å². The Hall–Kier alpha value is -1.86. The minimum atomic E-state index is -0.358. The molecule has 0 saturated carbocycles. The van der Waals surface area contributed by atoms with E-state index in [0.717, 1.165) is 5.56 Å². The van der Waals surface area contributed by atoms with Crippen LogP contribution in [0.5, 0.6) is 0 Å². The number of thioether (sulfide) groups is 1. The van der Waals surface area contributed by atoms with Crippen molar-refractivity contribution in [3.63, 3.8) is 0 Å². The fraction of sp³-hybridized carbons (Fsp3) is 0.250. The molecule has 0 aliphatic carbocycles. The molecule has 100 valence electrons. The third kappa shape index (κ3) is 3.55. The van der Waals surface area contributed by atoms with Crippen LogP contribution in [0.2, 0.25) is 0 Å². The Labute approximate surface area is 114 Å². The summed E-state index contributed by atoms with van der Waals surface area (Å²) in [7, 11) is 0. The second kappa shape index (κ2) is 6.35. The number of rotatable bonds is 5. The van der Waals surface area contributed by atoms with Crippen LogP contribution in [0.25, 0.3) is 0 Å². The standard InChI is InChI=1S/C12H14N4O2S/c1-8-15-16-12(18-8)19-7-10(11(17)14-13)9-5-3-2-4-6-9/h2-6,10H,7,13H2,1H3,(H,14,17). The zero-order valence-electron chi connectivity index (χ0n) is 10.4. The smallest absolute Gasteiger partial charge is 0.276 e. The normalized spacial score (nSPS) is 12.1. The maximum Gasteiger partial charge on any atom is 0.276 e. The summed E-state index contributed by atoms with van der Waals surface area (Å²) in [6, 6.07) is 9.44. The number of nitrogens with zero attached hydrogens (tertiary/aromatic N) is 2. The third-order valence-electron chi connectivity index (χ3n) is 2.54. The maximum absolute atomic E-state index is 11.8. The van der Waals surface area contributed by atoms with Crippen LogP contribution in [-0.4, -0.2) is 21.9 Å². The van der Waals surface area contributed by atoms with E-state index in [9.17, 15) is 4.79 Å². The molecule has 2 aromatic rings. The Bertz CT molecular complexity index is 544. The monoisotopic (exact) mass is 278 g/mol. The van der Waals surface area contributed by atoms with Gasteiger partial charge in [-0.3, -0.25) is 10.2 Å². The van der Waals surface area contributed by atoms with E-state index >= 15 is 0 Å². The molecule has 0 fully saturated rings. The van der Waals surface area contributed by atoms with Crippen LogP contribution in [0.15, 0.2) is 40.0 Å². The van der Waals surface area contributed by atoms with Crippen molar-refractivity contribution in [1.82, 2.24) is 15.6 Å². The van der Waals surface area contributed by atoms with E-state index in [1.165, 1.54) is 11.8 Å². The number of benzene rings is 1. The summed E-state index contributed by atoms with van der Waals surface area (Å²) in [5.41, 5.74) is 3.08. The second-order valence-corrected chi connectivity index (χ2v) is 4.84. The number of hydrazine groups is 1. The predicted octanol–water partition coefficient (Wildman–Crippen LogP) is 1.24. The first-order valence-corrected chi connectivity index (χ1v) is 6.67. The number of amides is 1. The van der Waals surface area contributed by atoms with Crippen LogP contribution >= 0.6 is 11.8 Å². The average molecular weight is 278 g/mol. The summed E-state index contributed by atoms with van der Waals surface area (Å²) in [6.07, 6.45) is 0. The molecule has 2 rings (SSSR count). The van der Waals surface area contributed by atoms with E-state index in [1.54, 1.807) is 6.92 Å². The number of nitrogens with two attached hydrogens (primary N) is 1. The lowest BCUT2D eigenvalue weighted by Gasteiger charge is -2.14. The van der Waals surface area contributed by atoms with Crippen molar-refractivity contribution in [2.24, 2.45) is 5.84 Å². The van der Waals surface area contributed by atoms with E-state index in [-0.39, 0.29) is 11.8 Å². The van der Waals surface area contributed by atoms with Gasteiger partial charge in [0.15, 0.2) is 0 Å². The largest absolute Gasteiger partial charge is 0.416 e. The molecule has 1 atom stereocenters. The Morgan fingerprint density at radius 1 is 1.42 bits per heavy atom. The number of aryl methyl sites for hydroxylation is 1. The molecule has 1 amide bonds. The summed E-state index contributed by atoms with van der Waals surface area (Å²) in [6.45, 7) is 1.72. The maximum atomic E-state index is 11.8. The van der Waals surface area contributed by atoms with E-state index < -0.39 is 0 Å². The van der Waals surface area contributed by atoms with Crippen LogP contribution in [0.3, 0.4) is 0 Å². The summed E-state index contributed by atoms with van der Waals surface area (Å²) in [4.78, 5) is 11.8. The summed E-state index contributed by atoms with van der Waals surface area (Å²) in [5, 5.41) is 8.07. The van der Waals surface area contributed by atoms with Gasteiger partial charge >= 0.3 is 0 Å². The third-order valence-corrected chi connectivity index (χ3v) is 3.45. The minimum absolute atomic E-state index is 0.241. The molecular formula is C12H14N4O2S. The molecule has 0 radical (unpaired) electrons. The lowest BCUT2D eigenvalue weighted by molar-refractivity contribution is -0.122. The SMILES string of the molecule is Cc1nnc(SCC(C(=O)NN)c2ccccc2)o1. The predicted molar refractivity (Wildman–Crippen MR) is 71.3 cm³/mol. The zero-order valence-corrected chi connectivity index (χ0v) is 11.2. The Kier molecular flexibility index (Phi) is 4.53. The summed E-state index contributed by atoms with van der Waals surface area (Å²) < 4.78 is 5.26.